The van der Waals surface area contributed by atoms with Gasteiger partial charge in [-0.05, 0) is 32.9 Å². The predicted octanol–water partition coefficient (Wildman–Crippen LogP) is 2.74. The Balaban J connectivity index is 1.93. The fraction of sp³-hybridized carbons (Fsp3) is 0.400. The summed E-state index contributed by atoms with van der Waals surface area (Å²) in [6.45, 7) is 5.62. The Morgan fingerprint density at radius 2 is 2.14 bits per heavy atom. The van der Waals surface area contributed by atoms with Gasteiger partial charge in [0.15, 0.2) is 5.82 Å². The molecule has 0 fully saturated rings. The Labute approximate surface area is 123 Å². The molecule has 0 bridgehead atoms. The van der Waals surface area contributed by atoms with Crippen LogP contribution >= 0.6 is 0 Å². The van der Waals surface area contributed by atoms with Crippen LogP contribution in [0.25, 0.3) is 0 Å². The van der Waals surface area contributed by atoms with Gasteiger partial charge in [-0.2, -0.15) is 4.98 Å². The van der Waals surface area contributed by atoms with Crippen molar-refractivity contribution in [2.45, 2.75) is 39.7 Å². The highest BCUT2D eigenvalue weighted by Gasteiger charge is 2.11. The number of hydrogen-bond acceptors (Lipinski definition) is 5. The highest BCUT2D eigenvalue weighted by Crippen LogP contribution is 2.25. The van der Waals surface area contributed by atoms with Crippen molar-refractivity contribution in [1.29, 1.82) is 0 Å². The molecule has 0 saturated heterocycles. The summed E-state index contributed by atoms with van der Waals surface area (Å²) in [4.78, 5) is 16.0. The second-order valence-electron chi connectivity index (χ2n) is 4.95. The Hall–Kier alpha value is -2.37. The number of aryl methyl sites for hydroxylation is 2. The van der Waals surface area contributed by atoms with Gasteiger partial charge >= 0.3 is 0 Å². The molecule has 1 amide bonds. The fourth-order valence-electron chi connectivity index (χ4n) is 1.80. The average Bonchev–Trinajstić information content (AvgIpc) is 2.84. The SMILES string of the molecule is Cc1noc(CCC(=O)Nc2ccccc2OC(C)C)n1. The molecule has 6 heteroatoms. The highest BCUT2D eigenvalue weighted by atomic mass is 16.5. The molecule has 1 aromatic carbocycles. The van der Waals surface area contributed by atoms with Crippen LogP contribution in [0.4, 0.5) is 5.69 Å². The van der Waals surface area contributed by atoms with Gasteiger partial charge in [0.2, 0.25) is 11.8 Å². The van der Waals surface area contributed by atoms with Crippen molar-refractivity contribution < 1.29 is 14.1 Å². The van der Waals surface area contributed by atoms with Crippen molar-refractivity contribution in [3.8, 4) is 5.75 Å². The molecule has 2 rings (SSSR count). The molecule has 0 saturated carbocycles. The van der Waals surface area contributed by atoms with E-state index in [-0.39, 0.29) is 18.4 Å². The van der Waals surface area contributed by atoms with Crippen molar-refractivity contribution in [2.75, 3.05) is 5.32 Å². The zero-order valence-electron chi connectivity index (χ0n) is 12.4. The molecule has 21 heavy (non-hydrogen) atoms. The molecule has 1 N–H and O–H groups in total. The van der Waals surface area contributed by atoms with E-state index >= 15 is 0 Å². The third kappa shape index (κ3) is 4.59. The maximum Gasteiger partial charge on any atom is 0.227 e. The van der Waals surface area contributed by atoms with Gasteiger partial charge in [-0.15, -0.1) is 0 Å². The Morgan fingerprint density at radius 1 is 1.38 bits per heavy atom. The first-order valence-electron chi connectivity index (χ1n) is 6.89. The highest BCUT2D eigenvalue weighted by molar-refractivity contribution is 5.92. The summed E-state index contributed by atoms with van der Waals surface area (Å²) < 4.78 is 10.6. The van der Waals surface area contributed by atoms with Crippen molar-refractivity contribution in [1.82, 2.24) is 10.1 Å². The molecule has 0 spiro atoms. The van der Waals surface area contributed by atoms with E-state index in [1.807, 2.05) is 38.1 Å². The van der Waals surface area contributed by atoms with Crippen LogP contribution in [-0.4, -0.2) is 22.2 Å². The molecular formula is C15H19N3O3. The number of anilines is 1. The number of rotatable bonds is 6. The smallest absolute Gasteiger partial charge is 0.227 e. The van der Waals surface area contributed by atoms with Crippen LogP contribution in [0.2, 0.25) is 0 Å². The van der Waals surface area contributed by atoms with Crippen molar-refractivity contribution in [3.63, 3.8) is 0 Å². The Kier molecular flexibility index (Phi) is 4.92. The number of nitrogens with zero attached hydrogens (tertiary/aromatic N) is 2. The van der Waals surface area contributed by atoms with Crippen LogP contribution in [0.1, 0.15) is 32.0 Å². The molecule has 1 aromatic heterocycles. The molecule has 112 valence electrons. The summed E-state index contributed by atoms with van der Waals surface area (Å²) in [5.74, 6) is 1.58. The number of aromatic nitrogens is 2. The topological polar surface area (TPSA) is 77.2 Å². The van der Waals surface area contributed by atoms with E-state index in [0.29, 0.717) is 29.6 Å². The lowest BCUT2D eigenvalue weighted by atomic mass is 10.2. The van der Waals surface area contributed by atoms with E-state index in [1.54, 1.807) is 6.92 Å². The van der Waals surface area contributed by atoms with Gasteiger partial charge in [-0.25, -0.2) is 0 Å². The first-order valence-corrected chi connectivity index (χ1v) is 6.89. The number of benzene rings is 1. The van der Waals surface area contributed by atoms with E-state index in [0.717, 1.165) is 0 Å². The van der Waals surface area contributed by atoms with Crippen molar-refractivity contribution in [2.24, 2.45) is 0 Å². The second kappa shape index (κ2) is 6.88. The minimum atomic E-state index is -0.120. The van der Waals surface area contributed by atoms with Crippen molar-refractivity contribution in [3.05, 3.63) is 36.0 Å². The summed E-state index contributed by atoms with van der Waals surface area (Å²) in [6, 6.07) is 7.36. The number of hydrogen-bond donors (Lipinski definition) is 1. The van der Waals surface area contributed by atoms with Crippen LogP contribution in [0.3, 0.4) is 0 Å². The molecule has 0 aliphatic carbocycles. The molecule has 0 aliphatic rings. The summed E-state index contributed by atoms with van der Waals surface area (Å²) in [7, 11) is 0. The third-order valence-electron chi connectivity index (χ3n) is 2.66. The summed E-state index contributed by atoms with van der Waals surface area (Å²) >= 11 is 0. The minimum absolute atomic E-state index is 0.0458. The van der Waals surface area contributed by atoms with E-state index < -0.39 is 0 Å². The number of carbonyl (C=O) groups is 1. The van der Waals surface area contributed by atoms with E-state index in [2.05, 4.69) is 15.5 Å². The summed E-state index contributed by atoms with van der Waals surface area (Å²) in [6.07, 6.45) is 0.738. The lowest BCUT2D eigenvalue weighted by molar-refractivity contribution is -0.116. The van der Waals surface area contributed by atoms with Crippen molar-refractivity contribution >= 4 is 11.6 Å². The molecule has 0 aliphatic heterocycles. The molecule has 1 heterocycles. The van der Waals surface area contributed by atoms with Gasteiger partial charge in [-0.3, -0.25) is 4.79 Å². The fourth-order valence-corrected chi connectivity index (χ4v) is 1.80. The number of amides is 1. The van der Waals surface area contributed by atoms with E-state index in [9.17, 15) is 4.79 Å². The van der Waals surface area contributed by atoms with Gasteiger partial charge in [-0.1, -0.05) is 17.3 Å². The largest absolute Gasteiger partial charge is 0.489 e. The maximum atomic E-state index is 12.0. The minimum Gasteiger partial charge on any atom is -0.489 e. The maximum absolute atomic E-state index is 12.0. The van der Waals surface area contributed by atoms with Crippen LogP contribution in [0.5, 0.6) is 5.75 Å². The van der Waals surface area contributed by atoms with Crippen LogP contribution in [0.15, 0.2) is 28.8 Å². The number of para-hydroxylation sites is 2. The summed E-state index contributed by atoms with van der Waals surface area (Å²) in [5.41, 5.74) is 0.665. The lowest BCUT2D eigenvalue weighted by Crippen LogP contribution is -2.14. The Bertz CT molecular complexity index is 608. The van der Waals surface area contributed by atoms with Gasteiger partial charge in [0.05, 0.1) is 11.8 Å². The third-order valence-corrected chi connectivity index (χ3v) is 2.66. The zero-order chi connectivity index (χ0) is 15.2. The van der Waals surface area contributed by atoms with Crippen LogP contribution in [-0.2, 0) is 11.2 Å². The van der Waals surface area contributed by atoms with Gasteiger partial charge < -0.3 is 14.6 Å². The van der Waals surface area contributed by atoms with Gasteiger partial charge in [0.1, 0.15) is 5.75 Å². The molecule has 0 unspecified atom stereocenters. The number of carbonyl (C=O) groups excluding carboxylic acids is 1. The molecule has 0 radical (unpaired) electrons. The number of nitrogens with one attached hydrogen (secondary N) is 1. The predicted molar refractivity (Wildman–Crippen MR) is 78.2 cm³/mol. The molecule has 2 aromatic rings. The van der Waals surface area contributed by atoms with E-state index in [4.69, 9.17) is 9.26 Å². The first kappa shape index (κ1) is 15.0. The van der Waals surface area contributed by atoms with E-state index in [1.165, 1.54) is 0 Å². The normalized spacial score (nSPS) is 10.7. The number of ether oxygens (including phenoxy) is 1. The van der Waals surface area contributed by atoms with Gasteiger partial charge in [0.25, 0.3) is 0 Å². The molecule has 6 nitrogen and oxygen atoms in total. The first-order chi connectivity index (χ1) is 10.0. The molecule has 0 atom stereocenters. The Morgan fingerprint density at radius 3 is 2.81 bits per heavy atom. The quantitative estimate of drug-likeness (QED) is 0.884. The van der Waals surface area contributed by atoms with Crippen LogP contribution < -0.4 is 10.1 Å². The van der Waals surface area contributed by atoms with Crippen LogP contribution in [0, 0.1) is 6.92 Å². The average molecular weight is 289 g/mol. The standard InChI is InChI=1S/C15H19N3O3/c1-10(2)20-13-7-5-4-6-12(13)17-14(19)8-9-15-16-11(3)18-21-15/h4-7,10H,8-9H2,1-3H3,(H,17,19). The molecular weight excluding hydrogens is 270 g/mol. The zero-order valence-corrected chi connectivity index (χ0v) is 12.4. The lowest BCUT2D eigenvalue weighted by Gasteiger charge is -2.14. The monoisotopic (exact) mass is 289 g/mol. The second-order valence-corrected chi connectivity index (χ2v) is 4.95. The van der Waals surface area contributed by atoms with Gasteiger partial charge in [0, 0.05) is 12.8 Å². The summed E-state index contributed by atoms with van der Waals surface area (Å²) in [5, 5.41) is 6.53.